The van der Waals surface area contributed by atoms with Crippen LogP contribution in [0.2, 0.25) is 0 Å². The molecule has 1 unspecified atom stereocenters. The van der Waals surface area contributed by atoms with Gasteiger partial charge in [0.05, 0.1) is 18.6 Å². The molecule has 1 saturated heterocycles. The fraction of sp³-hybridized carbons (Fsp3) is 0.300. The lowest BCUT2D eigenvalue weighted by Gasteiger charge is -2.22. The van der Waals surface area contributed by atoms with Gasteiger partial charge in [0.25, 0.3) is 0 Å². The van der Waals surface area contributed by atoms with Gasteiger partial charge in [0.15, 0.2) is 5.69 Å². The predicted molar refractivity (Wildman–Crippen MR) is 108 cm³/mol. The maximum atomic E-state index is 8.80. The number of hydrogen-bond acceptors (Lipinski definition) is 7. The molecule has 2 aromatic heterocycles. The van der Waals surface area contributed by atoms with E-state index in [1.807, 2.05) is 16.8 Å². The normalized spacial score (nSPS) is 16.4. The van der Waals surface area contributed by atoms with Crippen LogP contribution >= 0.6 is 0 Å². The van der Waals surface area contributed by atoms with Gasteiger partial charge in [0, 0.05) is 30.5 Å². The fourth-order valence-corrected chi connectivity index (χ4v) is 3.36. The molecule has 1 N–H and O–H groups in total. The predicted octanol–water partition coefficient (Wildman–Crippen LogP) is 2.42. The number of likely N-dealkylation sites (N-methyl/N-ethyl adjacent to an activating group) is 1. The molecule has 1 aliphatic heterocycles. The molecule has 8 nitrogen and oxygen atoms in total. The Labute approximate surface area is 164 Å². The van der Waals surface area contributed by atoms with E-state index in [2.05, 4.69) is 68.4 Å². The summed E-state index contributed by atoms with van der Waals surface area (Å²) in [4.78, 5) is 17.3. The Morgan fingerprint density at radius 1 is 1.14 bits per heavy atom. The Morgan fingerprint density at radius 3 is 2.71 bits per heavy atom. The summed E-state index contributed by atoms with van der Waals surface area (Å²) in [6, 6.07) is 11.0. The monoisotopic (exact) mass is 374 g/mol. The Bertz CT molecular complexity index is 986. The van der Waals surface area contributed by atoms with Gasteiger partial charge in [-0.05, 0) is 38.7 Å². The number of nitriles is 1. The van der Waals surface area contributed by atoms with Crippen molar-refractivity contribution in [2.24, 2.45) is 0 Å². The zero-order chi connectivity index (χ0) is 19.5. The van der Waals surface area contributed by atoms with Gasteiger partial charge in [-0.3, -0.25) is 0 Å². The summed E-state index contributed by atoms with van der Waals surface area (Å²) < 4.78 is 1.97. The van der Waals surface area contributed by atoms with E-state index in [-0.39, 0.29) is 5.69 Å². The van der Waals surface area contributed by atoms with Crippen LogP contribution in [-0.4, -0.2) is 57.6 Å². The highest BCUT2D eigenvalue weighted by Crippen LogP contribution is 2.25. The number of benzene rings is 1. The number of hydrogen-bond donors (Lipinski definition) is 1. The van der Waals surface area contributed by atoms with E-state index in [0.717, 1.165) is 18.8 Å². The molecule has 1 fully saturated rings. The summed E-state index contributed by atoms with van der Waals surface area (Å²) in [6.45, 7) is 2.12. The lowest BCUT2D eigenvalue weighted by molar-refractivity contribution is 0.315. The molecule has 3 aromatic rings. The van der Waals surface area contributed by atoms with Gasteiger partial charge in [-0.1, -0.05) is 6.07 Å². The molecular weight excluding hydrogens is 352 g/mol. The first-order valence-corrected chi connectivity index (χ1v) is 9.17. The third-order valence-electron chi connectivity index (χ3n) is 4.99. The molecule has 8 heteroatoms. The van der Waals surface area contributed by atoms with E-state index in [0.29, 0.717) is 17.7 Å². The van der Waals surface area contributed by atoms with Crippen LogP contribution in [0.15, 0.2) is 49.2 Å². The summed E-state index contributed by atoms with van der Waals surface area (Å²) in [6.07, 6.45) is 7.81. The highest BCUT2D eigenvalue weighted by Gasteiger charge is 2.24. The van der Waals surface area contributed by atoms with Crippen LogP contribution in [0.25, 0.3) is 5.69 Å². The average Bonchev–Trinajstić information content (AvgIpc) is 3.39. The average molecular weight is 374 g/mol. The van der Waals surface area contributed by atoms with Crippen LogP contribution < -0.4 is 10.2 Å². The minimum absolute atomic E-state index is 0.284. The topological polar surface area (TPSA) is 85.9 Å². The second kappa shape index (κ2) is 7.66. The molecule has 4 rings (SSSR count). The summed E-state index contributed by atoms with van der Waals surface area (Å²) in [5, 5.41) is 11.9. The molecule has 28 heavy (non-hydrogen) atoms. The molecule has 0 aliphatic carbocycles. The minimum Gasteiger partial charge on any atom is -0.370 e. The van der Waals surface area contributed by atoms with Gasteiger partial charge in [-0.25, -0.2) is 15.0 Å². The third kappa shape index (κ3) is 3.80. The molecule has 0 saturated carbocycles. The Balaban J connectivity index is 1.48. The van der Waals surface area contributed by atoms with E-state index in [4.69, 9.17) is 5.26 Å². The number of aromatic nitrogens is 4. The van der Waals surface area contributed by atoms with Crippen LogP contribution in [-0.2, 0) is 0 Å². The zero-order valence-electron chi connectivity index (χ0n) is 15.9. The Kier molecular flexibility index (Phi) is 4.91. The smallest absolute Gasteiger partial charge is 0.158 e. The van der Waals surface area contributed by atoms with Crippen molar-refractivity contribution < 1.29 is 0 Å². The third-order valence-corrected chi connectivity index (χ3v) is 4.99. The second-order valence-electron chi connectivity index (χ2n) is 7.06. The van der Waals surface area contributed by atoms with Crippen molar-refractivity contribution in [3.8, 4) is 11.8 Å². The van der Waals surface area contributed by atoms with E-state index in [1.165, 1.54) is 24.5 Å². The van der Waals surface area contributed by atoms with E-state index in [1.54, 1.807) is 6.33 Å². The van der Waals surface area contributed by atoms with Gasteiger partial charge in [-0.15, -0.1) is 0 Å². The zero-order valence-corrected chi connectivity index (χ0v) is 15.9. The van der Waals surface area contributed by atoms with Crippen molar-refractivity contribution in [1.82, 2.24) is 24.4 Å². The van der Waals surface area contributed by atoms with Gasteiger partial charge in [-0.2, -0.15) is 5.26 Å². The van der Waals surface area contributed by atoms with Crippen molar-refractivity contribution in [2.75, 3.05) is 37.4 Å². The highest BCUT2D eigenvalue weighted by molar-refractivity contribution is 5.56. The van der Waals surface area contributed by atoms with Crippen molar-refractivity contribution in [3.05, 3.63) is 54.9 Å². The molecule has 0 spiro atoms. The van der Waals surface area contributed by atoms with Crippen LogP contribution in [0.4, 0.5) is 17.3 Å². The van der Waals surface area contributed by atoms with Crippen LogP contribution in [0.5, 0.6) is 0 Å². The number of imidazole rings is 1. The van der Waals surface area contributed by atoms with Crippen LogP contribution in [0.3, 0.4) is 0 Å². The molecule has 1 atom stereocenters. The van der Waals surface area contributed by atoms with Crippen LogP contribution in [0, 0.1) is 11.3 Å². The van der Waals surface area contributed by atoms with E-state index < -0.39 is 0 Å². The van der Waals surface area contributed by atoms with E-state index in [9.17, 15) is 0 Å². The summed E-state index contributed by atoms with van der Waals surface area (Å²) >= 11 is 0. The largest absolute Gasteiger partial charge is 0.370 e. The first-order valence-electron chi connectivity index (χ1n) is 9.17. The lowest BCUT2D eigenvalue weighted by Crippen LogP contribution is -2.31. The first kappa shape index (κ1) is 17.9. The quantitative estimate of drug-likeness (QED) is 0.734. The van der Waals surface area contributed by atoms with Gasteiger partial charge in [0.2, 0.25) is 0 Å². The molecule has 1 aliphatic rings. The molecule has 0 amide bonds. The maximum Gasteiger partial charge on any atom is 0.158 e. The first-order chi connectivity index (χ1) is 13.6. The molecule has 0 radical (unpaired) electrons. The molecule has 3 heterocycles. The fourth-order valence-electron chi connectivity index (χ4n) is 3.36. The maximum absolute atomic E-state index is 8.80. The van der Waals surface area contributed by atoms with Crippen LogP contribution in [0.1, 0.15) is 12.1 Å². The molecule has 142 valence electrons. The Morgan fingerprint density at radius 2 is 2.00 bits per heavy atom. The SMILES string of the molecule is CN(C)C1CCN(c2cccc(-n3cnc(Nc4cnc(C#N)cn4)c3)c2)C1. The lowest BCUT2D eigenvalue weighted by atomic mass is 10.2. The second-order valence-corrected chi connectivity index (χ2v) is 7.06. The standard InChI is InChI=1S/C20H22N8/c1-26(2)18-6-7-27(12-18)16-4-3-5-17(8-16)28-13-20(24-14-28)25-19-11-22-15(9-21)10-23-19/h3-5,8,10-11,13-14,18H,6-7,12H2,1-2H3,(H,23,25). The number of anilines is 3. The summed E-state index contributed by atoms with van der Waals surface area (Å²) in [7, 11) is 4.28. The van der Waals surface area contributed by atoms with Crippen molar-refractivity contribution >= 4 is 17.3 Å². The molecular formula is C20H22N8. The van der Waals surface area contributed by atoms with Crippen molar-refractivity contribution in [1.29, 1.82) is 5.26 Å². The van der Waals surface area contributed by atoms with Gasteiger partial charge in [0.1, 0.15) is 24.0 Å². The molecule has 0 bridgehead atoms. The number of rotatable bonds is 5. The molecule has 1 aromatic carbocycles. The summed E-state index contributed by atoms with van der Waals surface area (Å²) in [5.74, 6) is 1.21. The Hall–Kier alpha value is -3.44. The van der Waals surface area contributed by atoms with Gasteiger partial charge < -0.3 is 19.7 Å². The number of nitrogens with zero attached hydrogens (tertiary/aromatic N) is 7. The number of nitrogens with one attached hydrogen (secondary N) is 1. The van der Waals surface area contributed by atoms with Gasteiger partial charge >= 0.3 is 0 Å². The van der Waals surface area contributed by atoms with Crippen molar-refractivity contribution in [2.45, 2.75) is 12.5 Å². The van der Waals surface area contributed by atoms with Crippen molar-refractivity contribution in [3.63, 3.8) is 0 Å². The minimum atomic E-state index is 0.284. The van der Waals surface area contributed by atoms with E-state index >= 15 is 0 Å². The summed E-state index contributed by atoms with van der Waals surface area (Å²) in [5.41, 5.74) is 2.56. The highest BCUT2D eigenvalue weighted by atomic mass is 15.2.